The molecule has 3 amide bonds. The molecule has 2 aromatic carbocycles. The predicted molar refractivity (Wildman–Crippen MR) is 189 cm³/mol. The van der Waals surface area contributed by atoms with Gasteiger partial charge in [-0.2, -0.15) is 0 Å². The summed E-state index contributed by atoms with van der Waals surface area (Å²) in [5.74, 6) is -3.38. The number of hydrogen-bond acceptors (Lipinski definition) is 7. The van der Waals surface area contributed by atoms with Crippen molar-refractivity contribution in [3.8, 4) is 0 Å². The molecule has 3 aliphatic heterocycles. The number of hydrogen-bond donors (Lipinski definition) is 1. The van der Waals surface area contributed by atoms with E-state index in [1.54, 1.807) is 29.0 Å². The Morgan fingerprint density at radius 2 is 1.74 bits per heavy atom. The molecule has 0 unspecified atom stereocenters. The zero-order valence-electron chi connectivity index (χ0n) is 29.5. The van der Waals surface area contributed by atoms with Gasteiger partial charge in [-0.1, -0.05) is 86.2 Å². The van der Waals surface area contributed by atoms with E-state index in [0.29, 0.717) is 36.9 Å². The van der Waals surface area contributed by atoms with Crippen molar-refractivity contribution in [2.45, 2.75) is 88.3 Å². The quantitative estimate of drug-likeness (QED) is 0.184. The van der Waals surface area contributed by atoms with Crippen LogP contribution in [0.15, 0.2) is 86.0 Å². The number of nitrogens with zero attached hydrogens (tertiary/aromatic N) is 3. The van der Waals surface area contributed by atoms with Gasteiger partial charge in [-0.15, -0.1) is 13.2 Å². The summed E-state index contributed by atoms with van der Waals surface area (Å²) in [5.41, 5.74) is 0.113. The standard InChI is InChI=1S/C40H51N3O7/c1-6-9-21-32(45)41(5)27(4)35(29-19-15-12-16-20-29)49-39(48)33-31-22-23-40(50-31)34(33)37(46)43(30(26-44)28-17-13-11-14-18-28)36(40)38(47)42(24-8-3)25-10-7-2/h6,8,11-20,27,30-31,33-36,44H,1,3,7,9-10,21-26H2,2,4-5H3/t27-,30+,31+,33-,34-,35+,36+,40-/m0/s1. The highest BCUT2D eigenvalue weighted by Gasteiger charge is 2.76. The lowest BCUT2D eigenvalue weighted by molar-refractivity contribution is -0.165. The number of unbranched alkanes of at least 4 members (excludes halogenated alkanes) is 1. The molecule has 0 aliphatic carbocycles. The van der Waals surface area contributed by atoms with E-state index >= 15 is 0 Å². The fraction of sp³-hybridized carbons (Fsp3) is 0.500. The molecule has 3 heterocycles. The first-order valence-corrected chi connectivity index (χ1v) is 17.8. The number of ether oxygens (including phenoxy) is 2. The Kier molecular flexibility index (Phi) is 12.0. The Bertz CT molecular complexity index is 1530. The minimum absolute atomic E-state index is 0.109. The lowest BCUT2D eigenvalue weighted by Crippen LogP contribution is -2.57. The summed E-state index contributed by atoms with van der Waals surface area (Å²) >= 11 is 0. The fourth-order valence-corrected chi connectivity index (χ4v) is 8.10. The molecule has 1 spiro atoms. The number of likely N-dealkylation sites (N-methyl/N-ethyl adjacent to an activating group) is 1. The first-order valence-electron chi connectivity index (χ1n) is 17.8. The maximum Gasteiger partial charge on any atom is 0.313 e. The lowest BCUT2D eigenvalue weighted by Gasteiger charge is -2.39. The average Bonchev–Trinajstić information content (AvgIpc) is 3.79. The summed E-state index contributed by atoms with van der Waals surface area (Å²) in [6.45, 7) is 11.8. The smallest absolute Gasteiger partial charge is 0.313 e. The summed E-state index contributed by atoms with van der Waals surface area (Å²) in [6.07, 6.45) is 5.22. The predicted octanol–water partition coefficient (Wildman–Crippen LogP) is 5.01. The van der Waals surface area contributed by atoms with Gasteiger partial charge in [-0.05, 0) is 43.7 Å². The van der Waals surface area contributed by atoms with E-state index in [1.165, 1.54) is 4.90 Å². The van der Waals surface area contributed by atoms with E-state index in [1.807, 2.05) is 74.5 Å². The maximum absolute atomic E-state index is 14.8. The van der Waals surface area contributed by atoms with E-state index < -0.39 is 66.3 Å². The molecule has 3 fully saturated rings. The molecule has 10 nitrogen and oxygen atoms in total. The Morgan fingerprint density at radius 3 is 2.34 bits per heavy atom. The lowest BCUT2D eigenvalue weighted by atomic mass is 9.70. The number of likely N-dealkylation sites (tertiary alicyclic amines) is 1. The SMILES string of the molecule is C=CCCC(=O)N(C)[C@@H](C)[C@@H](OC(=O)[C@@H]1[C@H]2C(=O)N([C@H](CO)c3ccccc3)[C@H](C(=O)N(CC=C)CCCC)[C@]23CC[C@H]1O3)c1ccccc1. The first kappa shape index (κ1) is 37.0. The second kappa shape index (κ2) is 16.2. The Balaban J connectivity index is 1.53. The van der Waals surface area contributed by atoms with Crippen LogP contribution in [0.3, 0.4) is 0 Å². The van der Waals surface area contributed by atoms with Crippen LogP contribution in [0.25, 0.3) is 0 Å². The van der Waals surface area contributed by atoms with Gasteiger partial charge in [0, 0.05) is 26.6 Å². The maximum atomic E-state index is 14.8. The molecule has 268 valence electrons. The molecule has 50 heavy (non-hydrogen) atoms. The van der Waals surface area contributed by atoms with Crippen LogP contribution < -0.4 is 0 Å². The Labute approximate surface area is 295 Å². The third kappa shape index (κ3) is 6.88. The summed E-state index contributed by atoms with van der Waals surface area (Å²) in [4.78, 5) is 61.8. The second-order valence-corrected chi connectivity index (χ2v) is 13.7. The van der Waals surface area contributed by atoms with Gasteiger partial charge >= 0.3 is 5.97 Å². The van der Waals surface area contributed by atoms with Gasteiger partial charge < -0.3 is 29.3 Å². The number of amides is 3. The summed E-state index contributed by atoms with van der Waals surface area (Å²) < 4.78 is 13.0. The van der Waals surface area contributed by atoms with Crippen molar-refractivity contribution in [3.05, 3.63) is 97.1 Å². The van der Waals surface area contributed by atoms with Gasteiger partial charge in [0.1, 0.15) is 17.7 Å². The van der Waals surface area contributed by atoms with E-state index in [0.717, 1.165) is 12.8 Å². The number of allylic oxidation sites excluding steroid dienone is 1. The number of carbonyl (C=O) groups is 4. The molecule has 1 N–H and O–H groups in total. The van der Waals surface area contributed by atoms with Crippen LogP contribution in [0.1, 0.15) is 75.6 Å². The van der Waals surface area contributed by atoms with Crippen LogP contribution in [-0.4, -0.2) is 94.0 Å². The van der Waals surface area contributed by atoms with Crippen molar-refractivity contribution in [2.24, 2.45) is 11.8 Å². The van der Waals surface area contributed by atoms with Crippen molar-refractivity contribution >= 4 is 23.7 Å². The average molecular weight is 686 g/mol. The third-order valence-corrected chi connectivity index (χ3v) is 10.8. The van der Waals surface area contributed by atoms with Gasteiger partial charge in [-0.3, -0.25) is 19.2 Å². The largest absolute Gasteiger partial charge is 0.455 e. The van der Waals surface area contributed by atoms with Crippen LogP contribution in [0.4, 0.5) is 0 Å². The topological polar surface area (TPSA) is 117 Å². The number of carbonyl (C=O) groups excluding carboxylic acids is 4. The molecular formula is C40H51N3O7. The number of aliphatic hydroxyl groups excluding tert-OH is 1. The van der Waals surface area contributed by atoms with Crippen LogP contribution in [0.2, 0.25) is 0 Å². The highest BCUT2D eigenvalue weighted by molar-refractivity contribution is 5.98. The van der Waals surface area contributed by atoms with Gasteiger partial charge in [0.25, 0.3) is 0 Å². The highest BCUT2D eigenvalue weighted by atomic mass is 16.6. The van der Waals surface area contributed by atoms with E-state index in [-0.39, 0.29) is 24.8 Å². The van der Waals surface area contributed by atoms with Gasteiger partial charge in [-0.25, -0.2) is 0 Å². The minimum Gasteiger partial charge on any atom is -0.455 e. The van der Waals surface area contributed by atoms with Crippen LogP contribution in [0, 0.1) is 11.8 Å². The molecule has 0 aromatic heterocycles. The van der Waals surface area contributed by atoms with E-state index in [2.05, 4.69) is 13.2 Å². The molecule has 2 aromatic rings. The van der Waals surface area contributed by atoms with Crippen LogP contribution in [0.5, 0.6) is 0 Å². The zero-order chi connectivity index (χ0) is 36.0. The molecule has 8 atom stereocenters. The van der Waals surface area contributed by atoms with Crippen molar-refractivity contribution in [1.82, 2.24) is 14.7 Å². The first-order chi connectivity index (χ1) is 24.1. The van der Waals surface area contributed by atoms with Crippen molar-refractivity contribution in [1.29, 1.82) is 0 Å². The minimum atomic E-state index is -1.28. The number of fused-ring (bicyclic) bond motifs is 1. The Hall–Kier alpha value is -4.28. The molecule has 0 saturated carbocycles. The number of aliphatic hydroxyl groups is 1. The molecule has 10 heteroatoms. The van der Waals surface area contributed by atoms with Gasteiger partial charge in [0.2, 0.25) is 17.7 Å². The fourth-order valence-electron chi connectivity index (χ4n) is 8.10. The second-order valence-electron chi connectivity index (χ2n) is 13.7. The molecule has 0 radical (unpaired) electrons. The zero-order valence-corrected chi connectivity index (χ0v) is 29.5. The molecule has 5 rings (SSSR count). The van der Waals surface area contributed by atoms with Crippen molar-refractivity contribution in [2.75, 3.05) is 26.7 Å². The monoisotopic (exact) mass is 685 g/mol. The van der Waals surface area contributed by atoms with E-state index in [4.69, 9.17) is 9.47 Å². The van der Waals surface area contributed by atoms with Crippen LogP contribution in [-0.2, 0) is 28.7 Å². The van der Waals surface area contributed by atoms with Crippen molar-refractivity contribution < 1.29 is 33.8 Å². The van der Waals surface area contributed by atoms with Crippen LogP contribution >= 0.6 is 0 Å². The molecule has 3 aliphatic rings. The number of rotatable bonds is 17. The molecule has 3 saturated heterocycles. The molecular weight excluding hydrogens is 634 g/mol. The third-order valence-electron chi connectivity index (χ3n) is 10.8. The summed E-state index contributed by atoms with van der Waals surface area (Å²) in [6, 6.07) is 16.0. The highest BCUT2D eigenvalue weighted by Crippen LogP contribution is 2.60. The Morgan fingerprint density at radius 1 is 1.08 bits per heavy atom. The van der Waals surface area contributed by atoms with E-state index in [9.17, 15) is 24.3 Å². The van der Waals surface area contributed by atoms with Gasteiger partial charge in [0.15, 0.2) is 0 Å². The summed E-state index contributed by atoms with van der Waals surface area (Å²) in [5, 5.41) is 10.8. The molecule has 2 bridgehead atoms. The van der Waals surface area contributed by atoms with Gasteiger partial charge in [0.05, 0.1) is 36.6 Å². The number of esters is 1. The summed E-state index contributed by atoms with van der Waals surface area (Å²) in [7, 11) is 1.69. The van der Waals surface area contributed by atoms with Crippen molar-refractivity contribution in [3.63, 3.8) is 0 Å². The normalized spacial score (nSPS) is 25.4. The number of benzene rings is 2.